The van der Waals surface area contributed by atoms with Crippen LogP contribution in [0.4, 0.5) is 4.79 Å². The van der Waals surface area contributed by atoms with Crippen molar-refractivity contribution in [3.63, 3.8) is 0 Å². The molecule has 0 aromatic heterocycles. The van der Waals surface area contributed by atoms with E-state index in [2.05, 4.69) is 10.6 Å². The quantitative estimate of drug-likeness (QED) is 0.727. The van der Waals surface area contributed by atoms with Crippen LogP contribution in [-0.2, 0) is 9.53 Å². The zero-order chi connectivity index (χ0) is 13.1. The molecule has 1 fully saturated rings. The van der Waals surface area contributed by atoms with Crippen molar-refractivity contribution in [2.75, 3.05) is 13.1 Å². The van der Waals surface area contributed by atoms with Crippen molar-refractivity contribution in [3.05, 3.63) is 0 Å². The Kier molecular flexibility index (Phi) is 4.51. The number of piperidine rings is 1. The van der Waals surface area contributed by atoms with Crippen LogP contribution in [0.25, 0.3) is 0 Å². The Morgan fingerprint density at radius 2 is 2.00 bits per heavy atom. The van der Waals surface area contributed by atoms with E-state index in [1.165, 1.54) is 0 Å². The molecule has 2 unspecified atom stereocenters. The Bertz CT molecular complexity index is 297. The van der Waals surface area contributed by atoms with Crippen molar-refractivity contribution in [2.45, 2.75) is 39.7 Å². The Balaban J connectivity index is 2.45. The van der Waals surface area contributed by atoms with E-state index >= 15 is 0 Å². The molecule has 1 saturated heterocycles. The first-order chi connectivity index (χ1) is 7.79. The number of carbonyl (C=O) groups is 2. The molecule has 1 aliphatic rings. The van der Waals surface area contributed by atoms with Gasteiger partial charge in [0.25, 0.3) is 0 Å². The monoisotopic (exact) mass is 242 g/mol. The van der Waals surface area contributed by atoms with Crippen molar-refractivity contribution in [1.82, 2.24) is 10.6 Å². The molecule has 1 rings (SSSR count). The van der Waals surface area contributed by atoms with Gasteiger partial charge in [-0.3, -0.25) is 10.1 Å². The summed E-state index contributed by atoms with van der Waals surface area (Å²) in [6, 6.07) is 0. The summed E-state index contributed by atoms with van der Waals surface area (Å²) in [5.41, 5.74) is -0.579. The molecule has 0 aromatic rings. The van der Waals surface area contributed by atoms with E-state index in [4.69, 9.17) is 4.74 Å². The van der Waals surface area contributed by atoms with E-state index in [0.717, 1.165) is 19.5 Å². The van der Waals surface area contributed by atoms with Gasteiger partial charge < -0.3 is 10.1 Å². The molecule has 0 radical (unpaired) electrons. The molecule has 1 heterocycles. The molecule has 2 amide bonds. The molecule has 0 bridgehead atoms. The van der Waals surface area contributed by atoms with E-state index in [-0.39, 0.29) is 17.7 Å². The van der Waals surface area contributed by atoms with Crippen LogP contribution < -0.4 is 10.6 Å². The smallest absolute Gasteiger partial charge is 0.414 e. The second-order valence-corrected chi connectivity index (χ2v) is 5.57. The fourth-order valence-corrected chi connectivity index (χ4v) is 1.90. The minimum atomic E-state index is -0.659. The van der Waals surface area contributed by atoms with Crippen LogP contribution >= 0.6 is 0 Å². The summed E-state index contributed by atoms with van der Waals surface area (Å²) >= 11 is 0. The number of amides is 2. The number of ether oxygens (including phenoxy) is 1. The second kappa shape index (κ2) is 5.49. The molecule has 0 aromatic carbocycles. The van der Waals surface area contributed by atoms with E-state index in [1.54, 1.807) is 20.8 Å². The van der Waals surface area contributed by atoms with Crippen LogP contribution in [-0.4, -0.2) is 30.7 Å². The van der Waals surface area contributed by atoms with E-state index in [0.29, 0.717) is 0 Å². The molecular weight excluding hydrogens is 220 g/mol. The predicted octanol–water partition coefficient (Wildman–Crippen LogP) is 1.28. The molecule has 0 aliphatic carbocycles. The molecule has 98 valence electrons. The third-order valence-electron chi connectivity index (χ3n) is 2.75. The number of nitrogens with one attached hydrogen (secondary N) is 2. The highest BCUT2D eigenvalue weighted by Gasteiger charge is 2.29. The summed E-state index contributed by atoms with van der Waals surface area (Å²) in [7, 11) is 0. The standard InChI is InChI=1S/C12H22N2O3/c1-8-7-13-6-5-9(8)10(15)14-11(16)17-12(2,3)4/h8-9,13H,5-7H2,1-4H3,(H,14,15,16). The van der Waals surface area contributed by atoms with Gasteiger partial charge in [0.15, 0.2) is 0 Å². The van der Waals surface area contributed by atoms with Crippen molar-refractivity contribution < 1.29 is 14.3 Å². The highest BCUT2D eigenvalue weighted by molar-refractivity contribution is 5.93. The normalized spacial score (nSPS) is 25.2. The van der Waals surface area contributed by atoms with Gasteiger partial charge in [0.1, 0.15) is 5.60 Å². The number of imide groups is 1. The van der Waals surface area contributed by atoms with Gasteiger partial charge in [0, 0.05) is 5.92 Å². The summed E-state index contributed by atoms with van der Waals surface area (Å²) in [5.74, 6) is -0.0943. The van der Waals surface area contributed by atoms with Crippen molar-refractivity contribution in [3.8, 4) is 0 Å². The number of hydrogen-bond donors (Lipinski definition) is 2. The largest absolute Gasteiger partial charge is 0.444 e. The van der Waals surface area contributed by atoms with Crippen molar-refractivity contribution >= 4 is 12.0 Å². The molecule has 0 saturated carbocycles. The van der Waals surface area contributed by atoms with Crippen LogP contribution in [0.5, 0.6) is 0 Å². The topological polar surface area (TPSA) is 67.4 Å². The Morgan fingerprint density at radius 1 is 1.35 bits per heavy atom. The fourth-order valence-electron chi connectivity index (χ4n) is 1.90. The third-order valence-corrected chi connectivity index (χ3v) is 2.75. The zero-order valence-electron chi connectivity index (χ0n) is 11.0. The SMILES string of the molecule is CC1CNCCC1C(=O)NC(=O)OC(C)(C)C. The van der Waals surface area contributed by atoms with Gasteiger partial charge in [-0.1, -0.05) is 6.92 Å². The van der Waals surface area contributed by atoms with Gasteiger partial charge >= 0.3 is 6.09 Å². The van der Waals surface area contributed by atoms with Crippen LogP contribution in [0.15, 0.2) is 0 Å². The van der Waals surface area contributed by atoms with Crippen LogP contribution in [0.3, 0.4) is 0 Å². The third kappa shape index (κ3) is 4.73. The van der Waals surface area contributed by atoms with Gasteiger partial charge in [0.2, 0.25) is 5.91 Å². The average molecular weight is 242 g/mol. The lowest BCUT2D eigenvalue weighted by molar-refractivity contribution is -0.126. The van der Waals surface area contributed by atoms with Gasteiger partial charge in [-0.15, -0.1) is 0 Å². The van der Waals surface area contributed by atoms with Gasteiger partial charge in [0.05, 0.1) is 0 Å². The Labute approximate surface area is 102 Å². The maximum absolute atomic E-state index is 11.9. The highest BCUT2D eigenvalue weighted by Crippen LogP contribution is 2.18. The molecule has 2 N–H and O–H groups in total. The number of rotatable bonds is 1. The summed E-state index contributed by atoms with van der Waals surface area (Å²) in [6.07, 6.45) is 0.101. The van der Waals surface area contributed by atoms with Crippen LogP contribution in [0.1, 0.15) is 34.1 Å². The maximum Gasteiger partial charge on any atom is 0.414 e. The van der Waals surface area contributed by atoms with Gasteiger partial charge in [-0.25, -0.2) is 4.79 Å². The van der Waals surface area contributed by atoms with Gasteiger partial charge in [-0.2, -0.15) is 0 Å². The van der Waals surface area contributed by atoms with Crippen LogP contribution in [0.2, 0.25) is 0 Å². The lowest BCUT2D eigenvalue weighted by atomic mass is 9.87. The molecule has 5 heteroatoms. The number of carbonyl (C=O) groups excluding carboxylic acids is 2. The van der Waals surface area contributed by atoms with Crippen molar-refractivity contribution in [1.29, 1.82) is 0 Å². The highest BCUT2D eigenvalue weighted by atomic mass is 16.6. The first-order valence-corrected chi connectivity index (χ1v) is 6.04. The summed E-state index contributed by atoms with van der Waals surface area (Å²) in [4.78, 5) is 23.3. The lowest BCUT2D eigenvalue weighted by Crippen LogP contribution is -2.46. The Hall–Kier alpha value is -1.10. The first-order valence-electron chi connectivity index (χ1n) is 6.04. The summed E-state index contributed by atoms with van der Waals surface area (Å²) in [5, 5.41) is 5.52. The fraction of sp³-hybridized carbons (Fsp3) is 0.833. The summed E-state index contributed by atoms with van der Waals surface area (Å²) < 4.78 is 5.05. The van der Waals surface area contributed by atoms with Gasteiger partial charge in [-0.05, 0) is 46.2 Å². The minimum absolute atomic E-state index is 0.108. The average Bonchev–Trinajstić information content (AvgIpc) is 2.14. The van der Waals surface area contributed by atoms with Crippen LogP contribution in [0, 0.1) is 11.8 Å². The first kappa shape index (κ1) is 14.0. The summed E-state index contributed by atoms with van der Waals surface area (Å²) in [6.45, 7) is 8.94. The maximum atomic E-state index is 11.9. The van der Waals surface area contributed by atoms with E-state index in [1.807, 2.05) is 6.92 Å². The molecule has 0 spiro atoms. The zero-order valence-corrected chi connectivity index (χ0v) is 11.0. The van der Waals surface area contributed by atoms with E-state index in [9.17, 15) is 9.59 Å². The molecular formula is C12H22N2O3. The van der Waals surface area contributed by atoms with E-state index < -0.39 is 11.7 Å². The minimum Gasteiger partial charge on any atom is -0.444 e. The molecule has 2 atom stereocenters. The molecule has 17 heavy (non-hydrogen) atoms. The lowest BCUT2D eigenvalue weighted by Gasteiger charge is -2.28. The molecule has 5 nitrogen and oxygen atoms in total. The number of alkyl carbamates (subject to hydrolysis) is 1. The predicted molar refractivity (Wildman–Crippen MR) is 64.5 cm³/mol. The number of hydrogen-bond acceptors (Lipinski definition) is 4. The molecule has 1 aliphatic heterocycles. The van der Waals surface area contributed by atoms with Crippen molar-refractivity contribution in [2.24, 2.45) is 11.8 Å². The Morgan fingerprint density at radius 3 is 2.53 bits per heavy atom. The second-order valence-electron chi connectivity index (χ2n) is 5.57.